The molecule has 2 aromatic rings. The molecule has 0 spiro atoms. The molecule has 2 aromatic carbocycles. The zero-order chi connectivity index (χ0) is 18.5. The Morgan fingerprint density at radius 2 is 2.00 bits per heavy atom. The summed E-state index contributed by atoms with van der Waals surface area (Å²) in [4.78, 5) is 26.0. The molecular weight excluding hydrogens is 372 g/mol. The van der Waals surface area contributed by atoms with Crippen molar-refractivity contribution in [3.05, 3.63) is 54.1 Å². The molecule has 1 saturated heterocycles. The Bertz CT molecular complexity index is 798. The fraction of sp³-hybridized carbons (Fsp3) is 0.263. The van der Waals surface area contributed by atoms with Crippen molar-refractivity contribution in [3.63, 3.8) is 0 Å². The number of hydrogen-bond donors (Lipinski definition) is 1. The molecule has 0 aromatic heterocycles. The van der Waals surface area contributed by atoms with E-state index in [1.54, 1.807) is 4.90 Å². The number of nitrogens with one attached hydrogen (secondary N) is 1. The van der Waals surface area contributed by atoms with Crippen LogP contribution in [0.5, 0.6) is 5.75 Å². The highest BCUT2D eigenvalue weighted by atomic mass is 35.5. The number of nitrogens with zero attached hydrogens (tertiary/aromatic N) is 1. The molecule has 2 amide bonds. The third kappa shape index (κ3) is 3.97. The fourth-order valence-electron chi connectivity index (χ4n) is 2.81. The van der Waals surface area contributed by atoms with E-state index in [0.717, 1.165) is 17.0 Å². The van der Waals surface area contributed by atoms with E-state index in [4.69, 9.17) is 16.3 Å². The number of anilines is 2. The van der Waals surface area contributed by atoms with Gasteiger partial charge in [0.2, 0.25) is 11.8 Å². The number of para-hydroxylation sites is 1. The second kappa shape index (κ2) is 8.47. The van der Waals surface area contributed by atoms with Crippen LogP contribution in [0.3, 0.4) is 0 Å². The van der Waals surface area contributed by atoms with Crippen molar-refractivity contribution in [2.75, 3.05) is 28.5 Å². The Hall–Kier alpha value is -2.18. The summed E-state index contributed by atoms with van der Waals surface area (Å²) in [5, 5.41) is 2.59. The van der Waals surface area contributed by atoms with E-state index in [1.807, 2.05) is 55.5 Å². The summed E-state index contributed by atoms with van der Waals surface area (Å²) in [5.41, 5.74) is 2.34. The first kappa shape index (κ1) is 18.6. The van der Waals surface area contributed by atoms with Gasteiger partial charge in [0, 0.05) is 16.9 Å². The van der Waals surface area contributed by atoms with Gasteiger partial charge in [-0.25, -0.2) is 0 Å². The van der Waals surface area contributed by atoms with E-state index in [-0.39, 0.29) is 23.1 Å². The van der Waals surface area contributed by atoms with Gasteiger partial charge in [0.05, 0.1) is 12.4 Å². The smallest absolute Gasteiger partial charge is 0.239 e. The topological polar surface area (TPSA) is 58.6 Å². The first-order valence-corrected chi connectivity index (χ1v) is 9.83. The molecule has 1 heterocycles. The molecule has 1 N–H and O–H groups in total. The van der Waals surface area contributed by atoms with Crippen molar-refractivity contribution in [1.29, 1.82) is 0 Å². The Morgan fingerprint density at radius 3 is 2.69 bits per heavy atom. The highest BCUT2D eigenvalue weighted by molar-refractivity contribution is 8.00. The van der Waals surface area contributed by atoms with Crippen LogP contribution in [0.25, 0.3) is 0 Å². The van der Waals surface area contributed by atoms with E-state index in [1.165, 1.54) is 11.8 Å². The van der Waals surface area contributed by atoms with Gasteiger partial charge in [-0.05, 0) is 37.3 Å². The zero-order valence-corrected chi connectivity index (χ0v) is 15.8. The summed E-state index contributed by atoms with van der Waals surface area (Å²) in [6.07, 6.45) is 0. The molecule has 1 atom stereocenters. The number of alkyl halides is 1. The molecule has 1 aliphatic rings. The Kier molecular flexibility index (Phi) is 6.06. The molecule has 136 valence electrons. The lowest BCUT2D eigenvalue weighted by Gasteiger charge is -2.26. The predicted octanol–water partition coefficient (Wildman–Crippen LogP) is 4.04. The van der Waals surface area contributed by atoms with E-state index >= 15 is 0 Å². The van der Waals surface area contributed by atoms with Crippen molar-refractivity contribution in [2.24, 2.45) is 0 Å². The van der Waals surface area contributed by atoms with Gasteiger partial charge in [0.15, 0.2) is 0 Å². The first-order chi connectivity index (χ1) is 12.6. The van der Waals surface area contributed by atoms with Crippen LogP contribution < -0.4 is 15.0 Å². The third-order valence-electron chi connectivity index (χ3n) is 3.92. The second-order valence-corrected chi connectivity index (χ2v) is 6.96. The number of carbonyl (C=O) groups is 2. The monoisotopic (exact) mass is 390 g/mol. The summed E-state index contributed by atoms with van der Waals surface area (Å²) < 4.78 is 5.47. The Morgan fingerprint density at radius 1 is 1.27 bits per heavy atom. The number of ether oxygens (including phenoxy) is 1. The summed E-state index contributed by atoms with van der Waals surface area (Å²) in [5.74, 6) is 0.786. The first-order valence-electron chi connectivity index (χ1n) is 8.25. The molecule has 26 heavy (non-hydrogen) atoms. The van der Waals surface area contributed by atoms with Gasteiger partial charge < -0.3 is 10.1 Å². The van der Waals surface area contributed by atoms with Gasteiger partial charge in [-0.15, -0.1) is 23.4 Å². The summed E-state index contributed by atoms with van der Waals surface area (Å²) in [7, 11) is 0. The number of hydrogen-bond acceptors (Lipinski definition) is 4. The van der Waals surface area contributed by atoms with Crippen LogP contribution in [0.15, 0.2) is 48.5 Å². The van der Waals surface area contributed by atoms with Crippen molar-refractivity contribution in [1.82, 2.24) is 0 Å². The quantitative estimate of drug-likeness (QED) is 0.756. The van der Waals surface area contributed by atoms with Crippen molar-refractivity contribution in [3.8, 4) is 5.75 Å². The molecule has 1 aliphatic heterocycles. The molecule has 5 nitrogen and oxygen atoms in total. The minimum atomic E-state index is -0.277. The average Bonchev–Trinajstić information content (AvgIpc) is 3.04. The maximum absolute atomic E-state index is 12.5. The van der Waals surface area contributed by atoms with Crippen molar-refractivity contribution >= 4 is 46.6 Å². The minimum absolute atomic E-state index is 0.0302. The molecule has 3 rings (SSSR count). The van der Waals surface area contributed by atoms with Gasteiger partial charge in [-0.3, -0.25) is 14.5 Å². The largest absolute Gasteiger partial charge is 0.494 e. The van der Waals surface area contributed by atoms with Gasteiger partial charge >= 0.3 is 0 Å². The maximum atomic E-state index is 12.5. The average molecular weight is 391 g/mol. The van der Waals surface area contributed by atoms with Gasteiger partial charge in [0.1, 0.15) is 17.0 Å². The lowest BCUT2D eigenvalue weighted by Crippen LogP contribution is -2.28. The van der Waals surface area contributed by atoms with Crippen LogP contribution in [0, 0.1) is 0 Å². The Balaban J connectivity index is 1.92. The number of carbonyl (C=O) groups excluding carboxylic acids is 2. The predicted molar refractivity (Wildman–Crippen MR) is 106 cm³/mol. The van der Waals surface area contributed by atoms with Crippen LogP contribution in [0.2, 0.25) is 0 Å². The van der Waals surface area contributed by atoms with Crippen LogP contribution in [-0.2, 0) is 9.59 Å². The standard InChI is InChI=1S/C19H19ClN2O3S/c1-2-25-14-9-7-13(8-10-14)22-18(24)12-26-19(22)15-5-3-4-6-16(15)21-17(23)11-20/h3-10,19H,2,11-12H2,1H3,(H,21,23)/t19-/m1/s1. The van der Waals surface area contributed by atoms with Crippen molar-refractivity contribution < 1.29 is 14.3 Å². The SMILES string of the molecule is CCOc1ccc(N2C(=O)CS[C@@H]2c2ccccc2NC(=O)CCl)cc1. The zero-order valence-electron chi connectivity index (χ0n) is 14.3. The number of halogens is 1. The van der Waals surface area contributed by atoms with Crippen LogP contribution in [0.1, 0.15) is 17.9 Å². The highest BCUT2D eigenvalue weighted by Crippen LogP contribution is 2.44. The maximum Gasteiger partial charge on any atom is 0.239 e. The number of thioether (sulfide) groups is 1. The van der Waals surface area contributed by atoms with Gasteiger partial charge in [-0.2, -0.15) is 0 Å². The van der Waals surface area contributed by atoms with Crippen LogP contribution in [-0.4, -0.2) is 30.1 Å². The third-order valence-corrected chi connectivity index (χ3v) is 5.35. The lowest BCUT2D eigenvalue weighted by atomic mass is 10.1. The van der Waals surface area contributed by atoms with Crippen LogP contribution >= 0.6 is 23.4 Å². The molecular formula is C19H19ClN2O3S. The molecule has 0 saturated carbocycles. The number of benzene rings is 2. The molecule has 0 aliphatic carbocycles. The normalized spacial score (nSPS) is 16.6. The summed E-state index contributed by atoms with van der Waals surface area (Å²) in [6, 6.07) is 14.9. The summed E-state index contributed by atoms with van der Waals surface area (Å²) >= 11 is 7.14. The molecule has 0 bridgehead atoms. The van der Waals surface area contributed by atoms with Gasteiger partial charge in [-0.1, -0.05) is 18.2 Å². The second-order valence-electron chi connectivity index (χ2n) is 5.62. The minimum Gasteiger partial charge on any atom is -0.494 e. The lowest BCUT2D eigenvalue weighted by molar-refractivity contribution is -0.116. The Labute approximate surface area is 161 Å². The van der Waals surface area contributed by atoms with Gasteiger partial charge in [0.25, 0.3) is 0 Å². The van der Waals surface area contributed by atoms with E-state index in [2.05, 4.69) is 5.32 Å². The van der Waals surface area contributed by atoms with Crippen LogP contribution in [0.4, 0.5) is 11.4 Å². The van der Waals surface area contributed by atoms with E-state index < -0.39 is 0 Å². The van der Waals surface area contributed by atoms with E-state index in [9.17, 15) is 9.59 Å². The fourth-order valence-corrected chi connectivity index (χ4v) is 4.09. The molecule has 0 radical (unpaired) electrons. The number of amides is 2. The van der Waals surface area contributed by atoms with Crippen molar-refractivity contribution in [2.45, 2.75) is 12.3 Å². The van der Waals surface area contributed by atoms with E-state index in [0.29, 0.717) is 18.0 Å². The number of rotatable bonds is 6. The molecule has 0 unspecified atom stereocenters. The molecule has 1 fully saturated rings. The molecule has 7 heteroatoms. The summed E-state index contributed by atoms with van der Waals surface area (Å²) in [6.45, 7) is 2.52. The highest BCUT2D eigenvalue weighted by Gasteiger charge is 2.35.